The molecule has 0 radical (unpaired) electrons. The van der Waals surface area contributed by atoms with Gasteiger partial charge in [-0.15, -0.1) is 0 Å². The number of aryl methyl sites for hydroxylation is 1. The molecule has 116 valence electrons. The summed E-state index contributed by atoms with van der Waals surface area (Å²) in [6.45, 7) is 2.07. The number of carbonyl (C=O) groups is 1. The topological polar surface area (TPSA) is 57.0 Å². The van der Waals surface area contributed by atoms with E-state index < -0.39 is 5.82 Å². The van der Waals surface area contributed by atoms with Crippen molar-refractivity contribution in [2.75, 3.05) is 11.4 Å². The van der Waals surface area contributed by atoms with E-state index in [2.05, 4.69) is 4.98 Å². The van der Waals surface area contributed by atoms with Crippen LogP contribution in [-0.2, 0) is 6.42 Å². The molecule has 1 aliphatic rings. The van der Waals surface area contributed by atoms with Gasteiger partial charge in [0.05, 0.1) is 16.9 Å². The standard InChI is InChI=1S/C17H13ClFN3O/c1-10-11(9-20)4-7-15(21-10)17(23)22-8-2-3-12-13(18)5-6-14(19)16(12)22/h4-7H,2-3,8H2,1H3. The normalized spacial score (nSPS) is 13.4. The van der Waals surface area contributed by atoms with Gasteiger partial charge in [0.15, 0.2) is 0 Å². The number of pyridine rings is 1. The molecule has 0 N–H and O–H groups in total. The molecule has 0 bridgehead atoms. The van der Waals surface area contributed by atoms with Crippen LogP contribution in [0.1, 0.15) is 33.7 Å². The Bertz CT molecular complexity index is 844. The van der Waals surface area contributed by atoms with Crippen LogP contribution in [0.2, 0.25) is 5.02 Å². The SMILES string of the molecule is Cc1nc(C(=O)N2CCCc3c(Cl)ccc(F)c32)ccc1C#N. The van der Waals surface area contributed by atoms with Gasteiger partial charge in [0, 0.05) is 11.6 Å². The van der Waals surface area contributed by atoms with Gasteiger partial charge in [-0.3, -0.25) is 4.79 Å². The molecule has 2 heterocycles. The zero-order valence-electron chi connectivity index (χ0n) is 12.4. The highest BCUT2D eigenvalue weighted by Gasteiger charge is 2.28. The Hall–Kier alpha value is -2.45. The molecule has 2 aromatic rings. The molecule has 3 rings (SSSR count). The first kappa shape index (κ1) is 15.4. The minimum atomic E-state index is -0.470. The zero-order valence-corrected chi connectivity index (χ0v) is 13.2. The smallest absolute Gasteiger partial charge is 0.276 e. The molecular weight excluding hydrogens is 317 g/mol. The number of carbonyl (C=O) groups excluding carboxylic acids is 1. The van der Waals surface area contributed by atoms with E-state index in [1.165, 1.54) is 23.1 Å². The number of halogens is 2. The molecular formula is C17H13ClFN3O. The summed E-state index contributed by atoms with van der Waals surface area (Å²) in [6.07, 6.45) is 1.34. The lowest BCUT2D eigenvalue weighted by Crippen LogP contribution is -2.37. The van der Waals surface area contributed by atoms with Crippen molar-refractivity contribution in [3.8, 4) is 6.07 Å². The number of nitrogens with zero attached hydrogens (tertiary/aromatic N) is 3. The van der Waals surface area contributed by atoms with Crippen molar-refractivity contribution in [2.24, 2.45) is 0 Å². The Balaban J connectivity index is 2.05. The molecule has 0 saturated heterocycles. The summed E-state index contributed by atoms with van der Waals surface area (Å²) in [7, 11) is 0. The minimum Gasteiger partial charge on any atom is -0.304 e. The third-order valence-corrected chi connectivity index (χ3v) is 4.28. The molecule has 0 spiro atoms. The van der Waals surface area contributed by atoms with Crippen molar-refractivity contribution in [2.45, 2.75) is 19.8 Å². The van der Waals surface area contributed by atoms with E-state index in [1.54, 1.807) is 13.0 Å². The Morgan fingerprint density at radius 2 is 2.17 bits per heavy atom. The van der Waals surface area contributed by atoms with Gasteiger partial charge in [0.2, 0.25) is 0 Å². The second-order valence-electron chi connectivity index (χ2n) is 5.36. The van der Waals surface area contributed by atoms with Crippen LogP contribution in [0, 0.1) is 24.1 Å². The van der Waals surface area contributed by atoms with Gasteiger partial charge in [-0.2, -0.15) is 5.26 Å². The predicted octanol–water partition coefficient (Wildman–Crippen LogP) is 3.65. The molecule has 1 aromatic carbocycles. The zero-order chi connectivity index (χ0) is 16.6. The first-order valence-electron chi connectivity index (χ1n) is 7.19. The van der Waals surface area contributed by atoms with E-state index in [4.69, 9.17) is 16.9 Å². The van der Waals surface area contributed by atoms with Gasteiger partial charge in [-0.1, -0.05) is 11.6 Å². The van der Waals surface area contributed by atoms with Crippen molar-refractivity contribution in [3.63, 3.8) is 0 Å². The number of aromatic nitrogens is 1. The van der Waals surface area contributed by atoms with Crippen molar-refractivity contribution < 1.29 is 9.18 Å². The summed E-state index contributed by atoms with van der Waals surface area (Å²) in [6, 6.07) is 7.83. The van der Waals surface area contributed by atoms with E-state index in [-0.39, 0.29) is 17.3 Å². The average molecular weight is 330 g/mol. The third kappa shape index (κ3) is 2.66. The fourth-order valence-electron chi connectivity index (χ4n) is 2.78. The highest BCUT2D eigenvalue weighted by molar-refractivity contribution is 6.32. The van der Waals surface area contributed by atoms with Crippen molar-refractivity contribution in [1.29, 1.82) is 5.26 Å². The maximum absolute atomic E-state index is 14.3. The summed E-state index contributed by atoms with van der Waals surface area (Å²) >= 11 is 6.14. The fourth-order valence-corrected chi connectivity index (χ4v) is 3.03. The number of nitriles is 1. The molecule has 1 amide bonds. The Kier molecular flexibility index (Phi) is 4.01. The van der Waals surface area contributed by atoms with E-state index in [1.807, 2.05) is 6.07 Å². The Morgan fingerprint density at radius 3 is 2.87 bits per heavy atom. The summed E-state index contributed by atoms with van der Waals surface area (Å²) in [5.74, 6) is -0.859. The van der Waals surface area contributed by atoms with Crippen LogP contribution in [-0.4, -0.2) is 17.4 Å². The summed E-state index contributed by atoms with van der Waals surface area (Å²) in [5.41, 5.74) is 1.96. The molecule has 23 heavy (non-hydrogen) atoms. The van der Waals surface area contributed by atoms with Gasteiger partial charge in [0.1, 0.15) is 17.6 Å². The van der Waals surface area contributed by atoms with Crippen molar-refractivity contribution >= 4 is 23.2 Å². The summed E-state index contributed by atoms with van der Waals surface area (Å²) < 4.78 is 14.3. The second kappa shape index (κ2) is 5.98. The first-order valence-corrected chi connectivity index (χ1v) is 7.57. The third-order valence-electron chi connectivity index (χ3n) is 3.93. The summed E-state index contributed by atoms with van der Waals surface area (Å²) in [4.78, 5) is 18.3. The number of anilines is 1. The van der Waals surface area contributed by atoms with Gasteiger partial charge in [0.25, 0.3) is 5.91 Å². The number of hydrogen-bond acceptors (Lipinski definition) is 3. The maximum atomic E-state index is 14.3. The Labute approximate surface area is 138 Å². The quantitative estimate of drug-likeness (QED) is 0.802. The van der Waals surface area contributed by atoms with Crippen LogP contribution in [0.25, 0.3) is 0 Å². The largest absolute Gasteiger partial charge is 0.304 e. The van der Waals surface area contributed by atoms with Crippen LogP contribution >= 0.6 is 11.6 Å². The number of fused-ring (bicyclic) bond motifs is 1. The lowest BCUT2D eigenvalue weighted by Gasteiger charge is -2.30. The molecule has 0 fully saturated rings. The van der Waals surface area contributed by atoms with E-state index in [0.717, 1.165) is 0 Å². The number of rotatable bonds is 1. The van der Waals surface area contributed by atoms with E-state index in [9.17, 15) is 9.18 Å². The van der Waals surface area contributed by atoms with Gasteiger partial charge in [-0.25, -0.2) is 9.37 Å². The van der Waals surface area contributed by atoms with E-state index >= 15 is 0 Å². The molecule has 0 aliphatic carbocycles. The van der Waals surface area contributed by atoms with E-state index in [0.29, 0.717) is 41.2 Å². The molecule has 1 aliphatic heterocycles. The van der Waals surface area contributed by atoms with Gasteiger partial charge >= 0.3 is 0 Å². The van der Waals surface area contributed by atoms with Crippen molar-refractivity contribution in [1.82, 2.24) is 4.98 Å². The molecule has 6 heteroatoms. The van der Waals surface area contributed by atoms with Crippen LogP contribution in [0.4, 0.5) is 10.1 Å². The summed E-state index contributed by atoms with van der Waals surface area (Å²) in [5, 5.41) is 9.41. The number of amides is 1. The highest BCUT2D eigenvalue weighted by atomic mass is 35.5. The first-order chi connectivity index (χ1) is 11.0. The molecule has 0 unspecified atom stereocenters. The molecule has 0 atom stereocenters. The Morgan fingerprint density at radius 1 is 1.39 bits per heavy atom. The average Bonchev–Trinajstić information content (AvgIpc) is 2.57. The monoisotopic (exact) mass is 329 g/mol. The van der Waals surface area contributed by atoms with Crippen LogP contribution in [0.3, 0.4) is 0 Å². The maximum Gasteiger partial charge on any atom is 0.276 e. The number of hydrogen-bond donors (Lipinski definition) is 0. The minimum absolute atomic E-state index is 0.189. The lowest BCUT2D eigenvalue weighted by molar-refractivity contribution is 0.0979. The van der Waals surface area contributed by atoms with Crippen molar-refractivity contribution in [3.05, 3.63) is 57.6 Å². The second-order valence-corrected chi connectivity index (χ2v) is 5.77. The van der Waals surface area contributed by atoms with Crippen LogP contribution in [0.5, 0.6) is 0 Å². The van der Waals surface area contributed by atoms with Crippen LogP contribution < -0.4 is 4.90 Å². The molecule has 4 nitrogen and oxygen atoms in total. The fraction of sp³-hybridized carbons (Fsp3) is 0.235. The highest BCUT2D eigenvalue weighted by Crippen LogP contribution is 2.35. The lowest BCUT2D eigenvalue weighted by atomic mass is 10.0. The molecule has 0 saturated carbocycles. The van der Waals surface area contributed by atoms with Crippen LogP contribution in [0.15, 0.2) is 24.3 Å². The van der Waals surface area contributed by atoms with Gasteiger partial charge in [-0.05, 0) is 49.6 Å². The van der Waals surface area contributed by atoms with Gasteiger partial charge < -0.3 is 4.90 Å². The molecule has 1 aromatic heterocycles. The number of benzene rings is 1. The predicted molar refractivity (Wildman–Crippen MR) is 85.1 cm³/mol.